The standard InChI is InChI=1S/C15H22N2O2/c1-11-9-14(4-3-13(11)10-18)17-7-5-12(6-8-17)15(19)16-2/h3-4,9,12,18H,5-8,10H2,1-2H3,(H,16,19). The Labute approximate surface area is 114 Å². The van der Waals surface area contributed by atoms with E-state index >= 15 is 0 Å². The number of aliphatic hydroxyl groups is 1. The Morgan fingerprint density at radius 2 is 2.11 bits per heavy atom. The molecule has 2 N–H and O–H groups in total. The van der Waals surface area contributed by atoms with Crippen LogP contribution in [0.4, 0.5) is 5.69 Å². The highest BCUT2D eigenvalue weighted by Gasteiger charge is 2.24. The molecule has 1 heterocycles. The summed E-state index contributed by atoms with van der Waals surface area (Å²) in [7, 11) is 1.70. The molecule has 1 fully saturated rings. The largest absolute Gasteiger partial charge is 0.392 e. The molecule has 0 bridgehead atoms. The van der Waals surface area contributed by atoms with Crippen LogP contribution >= 0.6 is 0 Å². The summed E-state index contributed by atoms with van der Waals surface area (Å²) in [4.78, 5) is 13.9. The zero-order chi connectivity index (χ0) is 13.8. The first-order chi connectivity index (χ1) is 9.15. The maximum atomic E-state index is 11.6. The predicted molar refractivity (Wildman–Crippen MR) is 76.1 cm³/mol. The topological polar surface area (TPSA) is 52.6 Å². The average Bonchev–Trinajstić information content (AvgIpc) is 2.46. The Morgan fingerprint density at radius 1 is 1.42 bits per heavy atom. The molecule has 1 aliphatic heterocycles. The quantitative estimate of drug-likeness (QED) is 0.867. The van der Waals surface area contributed by atoms with Gasteiger partial charge in [0.2, 0.25) is 5.91 Å². The number of aliphatic hydroxyl groups excluding tert-OH is 1. The van der Waals surface area contributed by atoms with E-state index in [0.29, 0.717) is 0 Å². The summed E-state index contributed by atoms with van der Waals surface area (Å²) >= 11 is 0. The Balaban J connectivity index is 2.01. The number of amides is 1. The first-order valence-corrected chi connectivity index (χ1v) is 6.82. The molecule has 0 saturated carbocycles. The van der Waals surface area contributed by atoms with E-state index in [9.17, 15) is 9.90 Å². The monoisotopic (exact) mass is 262 g/mol. The third-order valence-electron chi connectivity index (χ3n) is 3.97. The molecule has 0 aliphatic carbocycles. The van der Waals surface area contributed by atoms with Gasteiger partial charge in [0.25, 0.3) is 0 Å². The molecule has 1 aromatic carbocycles. The third kappa shape index (κ3) is 3.07. The molecule has 1 aliphatic rings. The van der Waals surface area contributed by atoms with Crippen LogP contribution in [-0.2, 0) is 11.4 Å². The molecule has 4 nitrogen and oxygen atoms in total. The number of hydrogen-bond acceptors (Lipinski definition) is 3. The van der Waals surface area contributed by atoms with Crippen LogP contribution in [0.1, 0.15) is 24.0 Å². The van der Waals surface area contributed by atoms with Crippen LogP contribution in [0.25, 0.3) is 0 Å². The minimum atomic E-state index is 0.0882. The molecule has 0 atom stereocenters. The summed E-state index contributed by atoms with van der Waals surface area (Å²) in [6, 6.07) is 6.15. The highest BCUT2D eigenvalue weighted by molar-refractivity contribution is 5.78. The van der Waals surface area contributed by atoms with Gasteiger partial charge in [-0.2, -0.15) is 0 Å². The number of nitrogens with zero attached hydrogens (tertiary/aromatic N) is 1. The van der Waals surface area contributed by atoms with Crippen molar-refractivity contribution in [3.8, 4) is 0 Å². The van der Waals surface area contributed by atoms with E-state index < -0.39 is 0 Å². The SMILES string of the molecule is CNC(=O)C1CCN(c2ccc(CO)c(C)c2)CC1. The van der Waals surface area contributed by atoms with Crippen molar-refractivity contribution in [2.24, 2.45) is 5.92 Å². The van der Waals surface area contributed by atoms with Crippen molar-refractivity contribution in [2.45, 2.75) is 26.4 Å². The summed E-state index contributed by atoms with van der Waals surface area (Å²) in [6.07, 6.45) is 1.81. The highest BCUT2D eigenvalue weighted by Crippen LogP contribution is 2.25. The van der Waals surface area contributed by atoms with Crippen molar-refractivity contribution < 1.29 is 9.90 Å². The van der Waals surface area contributed by atoms with E-state index in [1.165, 1.54) is 5.69 Å². The summed E-state index contributed by atoms with van der Waals surface area (Å²) in [5, 5.41) is 11.9. The molecule has 0 spiro atoms. The van der Waals surface area contributed by atoms with Crippen molar-refractivity contribution in [3.05, 3.63) is 29.3 Å². The van der Waals surface area contributed by atoms with Gasteiger partial charge in [-0.3, -0.25) is 4.79 Å². The molecular weight excluding hydrogens is 240 g/mol. The van der Waals surface area contributed by atoms with Gasteiger partial charge in [0.15, 0.2) is 0 Å². The van der Waals surface area contributed by atoms with E-state index in [4.69, 9.17) is 0 Å². The normalized spacial score (nSPS) is 16.5. The number of nitrogens with one attached hydrogen (secondary N) is 1. The van der Waals surface area contributed by atoms with Crippen molar-refractivity contribution >= 4 is 11.6 Å². The Morgan fingerprint density at radius 3 is 2.63 bits per heavy atom. The molecule has 0 unspecified atom stereocenters. The van der Waals surface area contributed by atoms with Gasteiger partial charge < -0.3 is 15.3 Å². The Bertz CT molecular complexity index is 451. The molecular formula is C15H22N2O2. The maximum Gasteiger partial charge on any atom is 0.222 e. The van der Waals surface area contributed by atoms with Gasteiger partial charge in [-0.05, 0) is 43.0 Å². The number of anilines is 1. The highest BCUT2D eigenvalue weighted by atomic mass is 16.3. The van der Waals surface area contributed by atoms with Gasteiger partial charge >= 0.3 is 0 Å². The van der Waals surface area contributed by atoms with Crippen molar-refractivity contribution in [2.75, 3.05) is 25.0 Å². The first kappa shape index (κ1) is 13.9. The van der Waals surface area contributed by atoms with E-state index in [0.717, 1.165) is 37.1 Å². The zero-order valence-electron chi connectivity index (χ0n) is 11.6. The summed E-state index contributed by atoms with van der Waals surface area (Å²) in [6.45, 7) is 3.93. The lowest BCUT2D eigenvalue weighted by Crippen LogP contribution is -2.39. The summed E-state index contributed by atoms with van der Waals surface area (Å²) in [5.74, 6) is 0.311. The van der Waals surface area contributed by atoms with Gasteiger partial charge in [0.1, 0.15) is 0 Å². The van der Waals surface area contributed by atoms with Crippen LogP contribution in [-0.4, -0.2) is 31.2 Å². The molecule has 4 heteroatoms. The smallest absolute Gasteiger partial charge is 0.222 e. The Hall–Kier alpha value is -1.55. The molecule has 1 amide bonds. The number of piperidine rings is 1. The van der Waals surface area contributed by atoms with Crippen LogP contribution in [0.5, 0.6) is 0 Å². The van der Waals surface area contributed by atoms with E-state index in [1.807, 2.05) is 13.0 Å². The number of hydrogen-bond donors (Lipinski definition) is 2. The number of carbonyl (C=O) groups excluding carboxylic acids is 1. The number of benzene rings is 1. The molecule has 19 heavy (non-hydrogen) atoms. The number of aryl methyl sites for hydroxylation is 1. The fourth-order valence-corrected chi connectivity index (χ4v) is 2.66. The van der Waals surface area contributed by atoms with Crippen LogP contribution in [0.3, 0.4) is 0 Å². The first-order valence-electron chi connectivity index (χ1n) is 6.82. The molecule has 1 aromatic rings. The molecule has 0 radical (unpaired) electrons. The van der Waals surface area contributed by atoms with Gasteiger partial charge in [0, 0.05) is 31.7 Å². The molecule has 104 valence electrons. The third-order valence-corrected chi connectivity index (χ3v) is 3.97. The second kappa shape index (κ2) is 6.06. The minimum absolute atomic E-state index is 0.0882. The fourth-order valence-electron chi connectivity index (χ4n) is 2.66. The maximum absolute atomic E-state index is 11.6. The van der Waals surface area contributed by atoms with Crippen LogP contribution in [0.2, 0.25) is 0 Å². The Kier molecular flexibility index (Phi) is 4.43. The molecule has 2 rings (SSSR count). The predicted octanol–water partition coefficient (Wildman–Crippen LogP) is 1.45. The van der Waals surface area contributed by atoms with Gasteiger partial charge in [-0.1, -0.05) is 6.07 Å². The summed E-state index contributed by atoms with van der Waals surface area (Å²) < 4.78 is 0. The lowest BCUT2D eigenvalue weighted by atomic mass is 9.95. The van der Waals surface area contributed by atoms with Crippen molar-refractivity contribution in [3.63, 3.8) is 0 Å². The van der Waals surface area contributed by atoms with Crippen LogP contribution in [0.15, 0.2) is 18.2 Å². The second-order valence-corrected chi connectivity index (χ2v) is 5.14. The van der Waals surface area contributed by atoms with Crippen LogP contribution < -0.4 is 10.2 Å². The molecule has 1 saturated heterocycles. The van der Waals surface area contributed by atoms with Crippen LogP contribution in [0, 0.1) is 12.8 Å². The van der Waals surface area contributed by atoms with E-state index in [2.05, 4.69) is 22.3 Å². The minimum Gasteiger partial charge on any atom is -0.392 e. The lowest BCUT2D eigenvalue weighted by Gasteiger charge is -2.33. The zero-order valence-corrected chi connectivity index (χ0v) is 11.6. The van der Waals surface area contributed by atoms with Crippen molar-refractivity contribution in [1.82, 2.24) is 5.32 Å². The van der Waals surface area contributed by atoms with E-state index in [-0.39, 0.29) is 18.4 Å². The molecule has 0 aromatic heterocycles. The lowest BCUT2D eigenvalue weighted by molar-refractivity contribution is -0.125. The fraction of sp³-hybridized carbons (Fsp3) is 0.533. The van der Waals surface area contributed by atoms with E-state index in [1.54, 1.807) is 7.05 Å². The summed E-state index contributed by atoms with van der Waals surface area (Å²) in [5.41, 5.74) is 3.28. The van der Waals surface area contributed by atoms with Gasteiger partial charge in [0.05, 0.1) is 6.61 Å². The second-order valence-electron chi connectivity index (χ2n) is 5.14. The average molecular weight is 262 g/mol. The van der Waals surface area contributed by atoms with Gasteiger partial charge in [-0.25, -0.2) is 0 Å². The van der Waals surface area contributed by atoms with Crippen molar-refractivity contribution in [1.29, 1.82) is 0 Å². The van der Waals surface area contributed by atoms with Gasteiger partial charge in [-0.15, -0.1) is 0 Å². The number of carbonyl (C=O) groups is 1. The number of rotatable bonds is 3.